The maximum absolute atomic E-state index is 13.7. The second kappa shape index (κ2) is 10.1. The van der Waals surface area contributed by atoms with Crippen LogP contribution in [0.25, 0.3) is 11.1 Å². The van der Waals surface area contributed by atoms with Gasteiger partial charge in [-0.1, -0.05) is 24.3 Å². The number of amides is 5. The minimum Gasteiger partial charge on any atom is -0.374 e. The van der Waals surface area contributed by atoms with Crippen LogP contribution < -0.4 is 10.6 Å². The highest BCUT2D eigenvalue weighted by Gasteiger charge is 2.55. The van der Waals surface area contributed by atoms with E-state index in [1.54, 1.807) is 25.5 Å². The fourth-order valence-corrected chi connectivity index (χ4v) is 5.99. The van der Waals surface area contributed by atoms with Gasteiger partial charge in [0.25, 0.3) is 5.91 Å². The van der Waals surface area contributed by atoms with Gasteiger partial charge in [-0.2, -0.15) is 5.10 Å². The molecule has 41 heavy (non-hydrogen) atoms. The van der Waals surface area contributed by atoms with E-state index in [1.807, 2.05) is 18.2 Å². The molecule has 3 heterocycles. The zero-order valence-corrected chi connectivity index (χ0v) is 22.4. The summed E-state index contributed by atoms with van der Waals surface area (Å²) in [7, 11) is 1.56. The largest absolute Gasteiger partial charge is 0.374 e. The first-order valence-electron chi connectivity index (χ1n) is 13.4. The van der Waals surface area contributed by atoms with Gasteiger partial charge < -0.3 is 20.6 Å². The number of halogens is 1. The Balaban J connectivity index is 1.20. The number of hydrogen-bond acceptors (Lipinski definition) is 6. The van der Waals surface area contributed by atoms with Crippen LogP contribution in [0.1, 0.15) is 35.1 Å². The fraction of sp³-hybridized carbons (Fsp3) is 0.345. The minimum absolute atomic E-state index is 0.0513. The van der Waals surface area contributed by atoms with Gasteiger partial charge in [0.15, 0.2) is 0 Å². The van der Waals surface area contributed by atoms with E-state index in [9.17, 15) is 28.7 Å². The van der Waals surface area contributed by atoms with Crippen LogP contribution in [0, 0.1) is 5.82 Å². The van der Waals surface area contributed by atoms with Crippen molar-refractivity contribution in [2.75, 3.05) is 13.6 Å². The molecular weight excluding hydrogens is 531 g/mol. The van der Waals surface area contributed by atoms with Crippen molar-refractivity contribution in [3.63, 3.8) is 0 Å². The number of hydrogen-bond donors (Lipinski definition) is 3. The molecule has 2 aromatic carbocycles. The number of aliphatic hydroxyl groups is 1. The van der Waals surface area contributed by atoms with Gasteiger partial charge in [0, 0.05) is 25.4 Å². The smallest absolute Gasteiger partial charge is 0.325 e. The molecule has 11 nitrogen and oxygen atoms in total. The second-order valence-corrected chi connectivity index (χ2v) is 10.7. The summed E-state index contributed by atoms with van der Waals surface area (Å²) in [5, 5.41) is 20.3. The summed E-state index contributed by atoms with van der Waals surface area (Å²) in [5.74, 6) is -1.63. The van der Waals surface area contributed by atoms with Crippen LogP contribution in [-0.2, 0) is 45.9 Å². The Hall–Kier alpha value is -4.58. The van der Waals surface area contributed by atoms with E-state index in [4.69, 9.17) is 0 Å². The predicted octanol–water partition coefficient (Wildman–Crippen LogP) is 1.42. The third-order valence-corrected chi connectivity index (χ3v) is 8.22. The number of carbonyl (C=O) groups is 4. The number of carbonyl (C=O) groups excluding carboxylic acids is 4. The summed E-state index contributed by atoms with van der Waals surface area (Å²) in [6.07, 6.45) is 3.81. The normalized spacial score (nSPS) is 21.5. The van der Waals surface area contributed by atoms with Gasteiger partial charge in [0.05, 0.1) is 6.20 Å². The number of aliphatic hydroxyl groups excluding tert-OH is 1. The molecule has 0 radical (unpaired) electrons. The molecule has 0 bridgehead atoms. The first-order valence-corrected chi connectivity index (χ1v) is 13.4. The highest BCUT2D eigenvalue weighted by molar-refractivity contribution is 6.10. The van der Waals surface area contributed by atoms with Crippen molar-refractivity contribution in [1.29, 1.82) is 0 Å². The van der Waals surface area contributed by atoms with E-state index in [0.717, 1.165) is 21.6 Å². The first kappa shape index (κ1) is 26.6. The number of urea groups is 1. The molecule has 3 aliphatic rings. The Morgan fingerprint density at radius 2 is 1.93 bits per heavy atom. The van der Waals surface area contributed by atoms with Crippen LogP contribution in [0.5, 0.6) is 0 Å². The zero-order chi connectivity index (χ0) is 28.9. The lowest BCUT2D eigenvalue weighted by Gasteiger charge is -2.28. The van der Waals surface area contributed by atoms with Crippen LogP contribution in [0.15, 0.2) is 48.8 Å². The molecule has 5 amide bonds. The Kier molecular flexibility index (Phi) is 6.57. The number of nitrogens with one attached hydrogen (secondary N) is 2. The summed E-state index contributed by atoms with van der Waals surface area (Å²) in [4.78, 5) is 53.9. The van der Waals surface area contributed by atoms with Crippen LogP contribution >= 0.6 is 0 Å². The van der Waals surface area contributed by atoms with Crippen LogP contribution in [0.3, 0.4) is 0 Å². The fourth-order valence-electron chi connectivity index (χ4n) is 5.99. The minimum atomic E-state index is -1.27. The maximum atomic E-state index is 13.7. The van der Waals surface area contributed by atoms with Crippen molar-refractivity contribution in [3.8, 4) is 11.1 Å². The average molecular weight is 561 g/mol. The molecule has 212 valence electrons. The van der Waals surface area contributed by atoms with Gasteiger partial charge in [-0.15, -0.1) is 0 Å². The van der Waals surface area contributed by atoms with Gasteiger partial charge in [-0.25, -0.2) is 9.18 Å². The molecule has 6 rings (SSSR count). The lowest BCUT2D eigenvalue weighted by atomic mass is 9.90. The van der Waals surface area contributed by atoms with E-state index in [-0.39, 0.29) is 31.2 Å². The Bertz CT molecular complexity index is 1590. The van der Waals surface area contributed by atoms with Crippen molar-refractivity contribution >= 4 is 23.8 Å². The zero-order valence-electron chi connectivity index (χ0n) is 22.4. The lowest BCUT2D eigenvalue weighted by Crippen LogP contribution is -2.47. The molecule has 3 N–H and O–H groups in total. The van der Waals surface area contributed by atoms with Gasteiger partial charge in [0.2, 0.25) is 11.8 Å². The molecule has 1 unspecified atom stereocenters. The van der Waals surface area contributed by atoms with Crippen molar-refractivity contribution < 1.29 is 28.7 Å². The van der Waals surface area contributed by atoms with E-state index in [2.05, 4.69) is 15.7 Å². The van der Waals surface area contributed by atoms with Crippen LogP contribution in [0.2, 0.25) is 0 Å². The highest BCUT2D eigenvalue weighted by Crippen LogP contribution is 2.42. The molecule has 3 aromatic rings. The summed E-state index contributed by atoms with van der Waals surface area (Å²) >= 11 is 0. The lowest BCUT2D eigenvalue weighted by molar-refractivity contribution is -0.146. The number of benzene rings is 2. The predicted molar refractivity (Wildman–Crippen MR) is 143 cm³/mol. The molecular formula is C29H29FN6O5. The SMILES string of the molecule is CNC(=O)Cn1cc(-c2ccc3c(c2)CCC32NC(=O)N(CC(=O)N3Cc4ccc(F)cc4CC[C@H]3O)C2=O)cn1. The first-order chi connectivity index (χ1) is 19.7. The van der Waals surface area contributed by atoms with Gasteiger partial charge in [-0.05, 0) is 65.6 Å². The number of nitrogens with zero attached hydrogens (tertiary/aromatic N) is 4. The standard InChI is InChI=1S/C29H29FN6O5/c1-31-24(37)15-34-13-21(12-32-34)17-3-6-23-19(10-17)8-9-29(23)27(40)36(28(41)33-29)16-26(39)35-14-20-2-5-22(30)11-18(20)4-7-25(35)38/h2-3,5-6,10-13,25,38H,4,7-9,14-16H2,1H3,(H,31,37)(H,33,41)/t25-,29?/m1/s1. The van der Waals surface area contributed by atoms with Crippen molar-refractivity contribution in [2.24, 2.45) is 0 Å². The number of likely N-dealkylation sites (N-methyl/N-ethyl adjacent to an activating group) is 1. The van der Waals surface area contributed by atoms with Gasteiger partial charge in [-0.3, -0.25) is 24.0 Å². The Labute approximate surface area is 234 Å². The highest BCUT2D eigenvalue weighted by atomic mass is 19.1. The van der Waals surface area contributed by atoms with Gasteiger partial charge in [0.1, 0.15) is 30.7 Å². The molecule has 2 aliphatic heterocycles. The Morgan fingerprint density at radius 3 is 2.73 bits per heavy atom. The summed E-state index contributed by atoms with van der Waals surface area (Å²) < 4.78 is 15.2. The molecule has 1 aromatic heterocycles. The van der Waals surface area contributed by atoms with E-state index < -0.39 is 36.2 Å². The van der Waals surface area contributed by atoms with Crippen molar-refractivity contribution in [1.82, 2.24) is 30.2 Å². The second-order valence-electron chi connectivity index (χ2n) is 10.7. The van der Waals surface area contributed by atoms with Gasteiger partial charge >= 0.3 is 6.03 Å². The summed E-state index contributed by atoms with van der Waals surface area (Å²) in [6.45, 7) is -0.368. The van der Waals surface area contributed by atoms with E-state index in [0.29, 0.717) is 36.0 Å². The molecule has 1 spiro atoms. The summed E-state index contributed by atoms with van der Waals surface area (Å²) in [5.41, 5.74) is 3.41. The Morgan fingerprint density at radius 1 is 1.10 bits per heavy atom. The third kappa shape index (κ3) is 4.63. The molecule has 12 heteroatoms. The molecule has 0 saturated carbocycles. The molecule has 1 fully saturated rings. The van der Waals surface area contributed by atoms with E-state index in [1.165, 1.54) is 21.7 Å². The molecule has 1 aliphatic carbocycles. The van der Waals surface area contributed by atoms with Crippen LogP contribution in [0.4, 0.5) is 9.18 Å². The third-order valence-electron chi connectivity index (χ3n) is 8.22. The maximum Gasteiger partial charge on any atom is 0.325 e. The number of rotatable bonds is 5. The molecule has 1 saturated heterocycles. The quantitative estimate of drug-likeness (QED) is 0.404. The van der Waals surface area contributed by atoms with Crippen molar-refractivity contribution in [3.05, 3.63) is 76.9 Å². The topological polar surface area (TPSA) is 137 Å². The number of aromatic nitrogens is 2. The number of imide groups is 1. The number of aryl methyl sites for hydroxylation is 2. The van der Waals surface area contributed by atoms with E-state index >= 15 is 0 Å². The molecule has 2 atom stereocenters. The monoisotopic (exact) mass is 560 g/mol. The number of fused-ring (bicyclic) bond motifs is 3. The summed E-state index contributed by atoms with van der Waals surface area (Å²) in [6, 6.07) is 9.23. The average Bonchev–Trinajstić information content (AvgIpc) is 3.60. The van der Waals surface area contributed by atoms with Crippen molar-refractivity contribution in [2.45, 2.75) is 50.5 Å². The van der Waals surface area contributed by atoms with Crippen LogP contribution in [-0.4, -0.2) is 68.3 Å².